The summed E-state index contributed by atoms with van der Waals surface area (Å²) in [7, 11) is 0. The average Bonchev–Trinajstić information content (AvgIpc) is 3.21. The maximum Gasteiger partial charge on any atom is 0.353 e. The Morgan fingerprint density at radius 3 is 2.81 bits per heavy atom. The van der Waals surface area contributed by atoms with Crippen LogP contribution in [0, 0.1) is 6.92 Å². The van der Waals surface area contributed by atoms with Gasteiger partial charge in [0.1, 0.15) is 28.6 Å². The first kappa shape index (κ1) is 27.3. The topological polar surface area (TPSA) is 197 Å². The second kappa shape index (κ2) is 11.7. The highest BCUT2D eigenvalue weighted by atomic mass is 32.2. The van der Waals surface area contributed by atoms with E-state index >= 15 is 0 Å². The maximum absolute atomic E-state index is 13.0. The summed E-state index contributed by atoms with van der Waals surface area (Å²) in [5.74, 6) is -0.739. The number of fused-ring (bicyclic) bond motifs is 1. The lowest BCUT2D eigenvalue weighted by atomic mass is 10.0. The number of oxime groups is 1. The molecule has 2 aromatic rings. The Balaban J connectivity index is 1.52. The third-order valence-electron chi connectivity index (χ3n) is 5.24. The van der Waals surface area contributed by atoms with Crippen LogP contribution in [0.3, 0.4) is 0 Å². The number of hydrogen-bond acceptors (Lipinski definition) is 13. The molecular formula is C21H23N7O5S4. The molecule has 196 valence electrons. The fraction of sp³-hybridized carbons (Fsp3) is 0.333. The van der Waals surface area contributed by atoms with E-state index in [0.29, 0.717) is 23.0 Å². The van der Waals surface area contributed by atoms with E-state index in [1.165, 1.54) is 51.9 Å². The van der Waals surface area contributed by atoms with Crippen molar-refractivity contribution in [2.45, 2.75) is 28.3 Å². The van der Waals surface area contributed by atoms with Crippen LogP contribution >= 0.6 is 46.6 Å². The number of carbonyl (C=O) groups is 3. The summed E-state index contributed by atoms with van der Waals surface area (Å²) in [5, 5.41) is 25.1. The van der Waals surface area contributed by atoms with Crippen LogP contribution in [0.2, 0.25) is 0 Å². The normalized spacial score (nSPS) is 19.5. The van der Waals surface area contributed by atoms with Crippen LogP contribution in [0.25, 0.3) is 0 Å². The molecule has 2 aromatic heterocycles. The Bertz CT molecular complexity index is 1300. The fourth-order valence-corrected chi connectivity index (χ4v) is 8.42. The molecule has 1 unspecified atom stereocenters. The van der Waals surface area contributed by atoms with Gasteiger partial charge in [0, 0.05) is 28.7 Å². The number of amides is 2. The lowest BCUT2D eigenvalue weighted by molar-refractivity contribution is -0.150. The number of anilines is 1. The van der Waals surface area contributed by atoms with Crippen molar-refractivity contribution < 1.29 is 24.7 Å². The van der Waals surface area contributed by atoms with E-state index in [1.807, 2.05) is 6.92 Å². The second-order valence-corrected chi connectivity index (χ2v) is 12.5. The minimum atomic E-state index is -1.23. The smallest absolute Gasteiger partial charge is 0.353 e. The number of carboxylic acid groups (broad SMARTS) is 1. The number of thioether (sulfide) groups is 3. The van der Waals surface area contributed by atoms with Crippen molar-refractivity contribution in [1.29, 1.82) is 0 Å². The van der Waals surface area contributed by atoms with Crippen LogP contribution in [-0.2, 0) is 20.1 Å². The van der Waals surface area contributed by atoms with E-state index < -0.39 is 34.9 Å². The van der Waals surface area contributed by atoms with E-state index in [-0.39, 0.29) is 17.2 Å². The Morgan fingerprint density at radius 2 is 2.14 bits per heavy atom. The Labute approximate surface area is 228 Å². The maximum atomic E-state index is 13.0. The van der Waals surface area contributed by atoms with Gasteiger partial charge < -0.3 is 27.1 Å². The number of nitrogens with zero attached hydrogens (tertiary/aromatic N) is 4. The van der Waals surface area contributed by atoms with Gasteiger partial charge in [0.2, 0.25) is 0 Å². The number of carboxylic acids is 1. The highest BCUT2D eigenvalue weighted by Crippen LogP contribution is 2.47. The summed E-state index contributed by atoms with van der Waals surface area (Å²) in [6.45, 7) is 2.44. The molecule has 4 heterocycles. The number of thiazole rings is 1. The summed E-state index contributed by atoms with van der Waals surface area (Å²) in [6.07, 6.45) is 0. The number of aliphatic carboxylic acids is 1. The minimum Gasteiger partial charge on any atom is -0.477 e. The molecule has 2 aliphatic rings. The summed E-state index contributed by atoms with van der Waals surface area (Å²) in [6, 6.07) is 3.49. The molecule has 1 saturated heterocycles. The van der Waals surface area contributed by atoms with Gasteiger partial charge in [0.25, 0.3) is 11.8 Å². The summed E-state index contributed by atoms with van der Waals surface area (Å²) < 4.78 is 0.881. The molecule has 4 rings (SSSR count). The molecule has 0 aromatic carbocycles. The van der Waals surface area contributed by atoms with Crippen LogP contribution in [0.1, 0.15) is 16.4 Å². The summed E-state index contributed by atoms with van der Waals surface area (Å²) in [4.78, 5) is 48.3. The van der Waals surface area contributed by atoms with Crippen molar-refractivity contribution in [2.75, 3.05) is 23.8 Å². The van der Waals surface area contributed by atoms with Gasteiger partial charge in [-0.1, -0.05) is 23.0 Å². The molecule has 12 nitrogen and oxygen atoms in total. The molecule has 0 radical (unpaired) electrons. The zero-order valence-corrected chi connectivity index (χ0v) is 22.7. The Hall–Kier alpha value is -2.79. The van der Waals surface area contributed by atoms with Crippen molar-refractivity contribution >= 4 is 75.9 Å². The minimum absolute atomic E-state index is 0.0324. The molecule has 0 aliphatic carbocycles. The predicted molar refractivity (Wildman–Crippen MR) is 145 cm³/mol. The molecule has 7 N–H and O–H groups in total. The van der Waals surface area contributed by atoms with Crippen LogP contribution < -0.4 is 16.8 Å². The predicted octanol–water partition coefficient (Wildman–Crippen LogP) is 1.29. The Kier molecular flexibility index (Phi) is 8.63. The van der Waals surface area contributed by atoms with Gasteiger partial charge in [-0.15, -0.1) is 23.1 Å². The van der Waals surface area contributed by atoms with Crippen molar-refractivity contribution in [2.24, 2.45) is 10.9 Å². The van der Waals surface area contributed by atoms with Crippen LogP contribution in [0.4, 0.5) is 5.82 Å². The van der Waals surface area contributed by atoms with Crippen molar-refractivity contribution in [3.8, 4) is 0 Å². The number of pyridine rings is 1. The zero-order valence-electron chi connectivity index (χ0n) is 19.4. The number of nitrogens with two attached hydrogens (primary N) is 2. The number of nitrogen functional groups attached to an aromatic ring is 1. The largest absolute Gasteiger partial charge is 0.477 e. The molecule has 2 amide bonds. The van der Waals surface area contributed by atoms with Crippen LogP contribution in [0.15, 0.2) is 38.2 Å². The first-order valence-corrected chi connectivity index (χ1v) is 14.7. The molecule has 2 aliphatic heterocycles. The molecule has 0 saturated carbocycles. The van der Waals surface area contributed by atoms with Gasteiger partial charge >= 0.3 is 5.97 Å². The molecule has 2 atom stereocenters. The number of hydrogen-bond donors (Lipinski definition) is 5. The van der Waals surface area contributed by atoms with Gasteiger partial charge in [0.05, 0.1) is 14.9 Å². The molecule has 1 fully saturated rings. The van der Waals surface area contributed by atoms with E-state index in [2.05, 4.69) is 20.4 Å². The third-order valence-corrected chi connectivity index (χ3v) is 10.0. The fourth-order valence-electron chi connectivity index (χ4n) is 3.66. The van der Waals surface area contributed by atoms with Gasteiger partial charge in [-0.2, -0.15) is 11.8 Å². The summed E-state index contributed by atoms with van der Waals surface area (Å²) >= 11 is 5.77. The number of β-lactam (4-membered cyclic amide) rings is 1. The number of rotatable bonds is 10. The van der Waals surface area contributed by atoms with Crippen molar-refractivity contribution in [3.63, 3.8) is 0 Å². The first-order valence-electron chi connectivity index (χ1n) is 10.8. The molecule has 0 spiro atoms. The highest BCUT2D eigenvalue weighted by molar-refractivity contribution is 8.07. The quantitative estimate of drug-likeness (QED) is 0.0887. The number of carbonyl (C=O) groups excluding carboxylic acids is 2. The lowest BCUT2D eigenvalue weighted by Crippen LogP contribution is -2.71. The Morgan fingerprint density at radius 1 is 1.35 bits per heavy atom. The molecule has 16 heteroatoms. The third kappa shape index (κ3) is 5.72. The first-order chi connectivity index (χ1) is 17.7. The van der Waals surface area contributed by atoms with Crippen molar-refractivity contribution in [1.82, 2.24) is 20.2 Å². The molecule has 37 heavy (non-hydrogen) atoms. The molecular weight excluding hydrogens is 559 g/mol. The summed E-state index contributed by atoms with van der Waals surface area (Å²) in [5.41, 5.74) is 11.6. The lowest BCUT2D eigenvalue weighted by Gasteiger charge is -2.49. The number of nitrogens with one attached hydrogen (secondary N) is 1. The number of aryl methyl sites for hydroxylation is 1. The van der Waals surface area contributed by atoms with E-state index in [1.54, 1.807) is 17.8 Å². The SMILES string of the molecule is Cc1nc(CSCCN)c(SC2=C(C(=O)O)N3C(=O)[C@@H](NC(=O)/C(=N/O)c4cccc(N)n4)C3SC2)s1. The van der Waals surface area contributed by atoms with Gasteiger partial charge in [-0.25, -0.2) is 14.8 Å². The standard InChI is InChI=1S/C21H23N7O5S4/c1-9-24-11(7-34-6-5-22)21(36-9)37-12-8-35-19-15(18(30)28(19)16(12)20(31)32)26-17(29)14(27-33)10-3-2-4-13(23)25-10/h2-4,15,19,33H,5-8,22H2,1H3,(H2,23,25)(H,26,29)(H,31,32)/b27-14+/t15-,19?/m1/s1. The van der Waals surface area contributed by atoms with Gasteiger partial charge in [-0.05, 0) is 19.1 Å². The second-order valence-electron chi connectivity index (χ2n) is 7.74. The van der Waals surface area contributed by atoms with E-state index in [0.717, 1.165) is 20.7 Å². The molecule has 0 bridgehead atoms. The average molecular weight is 582 g/mol. The monoisotopic (exact) mass is 581 g/mol. The van der Waals surface area contributed by atoms with E-state index in [4.69, 9.17) is 11.5 Å². The van der Waals surface area contributed by atoms with Crippen LogP contribution in [-0.4, -0.2) is 78.1 Å². The number of aromatic nitrogens is 2. The van der Waals surface area contributed by atoms with Crippen molar-refractivity contribution in [3.05, 3.63) is 45.2 Å². The van der Waals surface area contributed by atoms with E-state index in [9.17, 15) is 24.7 Å². The highest BCUT2D eigenvalue weighted by Gasteiger charge is 2.54. The zero-order chi connectivity index (χ0) is 26.7. The van der Waals surface area contributed by atoms with Crippen LogP contribution in [0.5, 0.6) is 0 Å². The van der Waals surface area contributed by atoms with Gasteiger partial charge in [0.15, 0.2) is 5.71 Å². The van der Waals surface area contributed by atoms with Gasteiger partial charge in [-0.3, -0.25) is 14.5 Å².